The second-order valence-corrected chi connectivity index (χ2v) is 4.90. The maximum absolute atomic E-state index is 11.4. The van der Waals surface area contributed by atoms with Gasteiger partial charge in [-0.2, -0.15) is 0 Å². The third-order valence-electron chi connectivity index (χ3n) is 2.91. The van der Waals surface area contributed by atoms with E-state index in [1.54, 1.807) is 0 Å². The Labute approximate surface area is 416 Å². The number of carbonyl (C=O) groups excluding carboxylic acids is 1. The average Bonchev–Trinajstić information content (AvgIpc) is 2.51. The molecule has 0 aromatic heterocycles. The quantitative estimate of drug-likeness (QED) is 0.0532. The topological polar surface area (TPSA) is 44.8 Å². The molecule has 0 aliphatic rings. The second kappa shape index (κ2) is 57.7. The van der Waals surface area contributed by atoms with Crippen LogP contribution < -0.4 is 0 Å². The summed E-state index contributed by atoms with van der Waals surface area (Å²) < 4.78 is 5.09. The van der Waals surface area contributed by atoms with Crippen molar-refractivity contribution in [1.29, 1.82) is 0 Å². The molecule has 0 aromatic rings. The molecule has 0 aliphatic carbocycles. The van der Waals surface area contributed by atoms with Gasteiger partial charge < -0.3 is 11.2 Å². The molecule has 0 fully saturated rings. The molecule has 0 N–H and O–H groups in total. The SMILES string of the molecule is [C-]#CC#COOC(=C)CCCCCCCC(=O)OCCCC.[Y].[Y].[Y].[Y].[Y].[Y].[Y].[Y].[Y]. The van der Waals surface area contributed by atoms with Crippen LogP contribution in [0.25, 0.3) is 0 Å². The van der Waals surface area contributed by atoms with Crippen LogP contribution in [0.2, 0.25) is 0 Å². The Bertz CT molecular complexity index is 436. The van der Waals surface area contributed by atoms with Crippen molar-refractivity contribution in [3.63, 3.8) is 0 Å². The first-order valence-electron chi connectivity index (χ1n) is 7.79. The van der Waals surface area contributed by atoms with Crippen LogP contribution in [0.15, 0.2) is 12.3 Å². The molecule has 0 amide bonds. The summed E-state index contributed by atoms with van der Waals surface area (Å²) in [4.78, 5) is 20.7. The van der Waals surface area contributed by atoms with Crippen molar-refractivity contribution in [2.45, 2.75) is 64.7 Å². The standard InChI is InChI=1S/C18H25O4.9Y/c1-4-6-15-20-18(19)14-12-10-8-9-11-13-17(3)22-21-16-7-5-2;;;;;;;;;/h3-4,6,8-15H2,1H3;;;;;;;;;/q-1;;;;;;;;;. The number of hydrogen-bond acceptors (Lipinski definition) is 4. The van der Waals surface area contributed by atoms with Crippen molar-refractivity contribution < 1.29 is 314 Å². The molecule has 0 unspecified atom stereocenters. The van der Waals surface area contributed by atoms with Crippen molar-refractivity contribution in [3.8, 4) is 17.9 Å². The number of esters is 1. The van der Waals surface area contributed by atoms with E-state index in [2.05, 4.69) is 30.4 Å². The minimum atomic E-state index is -0.0874. The Morgan fingerprint density at radius 2 is 1.29 bits per heavy atom. The van der Waals surface area contributed by atoms with Gasteiger partial charge in [0, 0.05) is 307 Å². The van der Waals surface area contributed by atoms with Crippen LogP contribution in [0.1, 0.15) is 64.7 Å². The van der Waals surface area contributed by atoms with Crippen LogP contribution in [0.3, 0.4) is 0 Å². The molecule has 4 nitrogen and oxygen atoms in total. The molecule has 0 atom stereocenters. The zero-order valence-corrected chi connectivity index (χ0v) is 44.2. The summed E-state index contributed by atoms with van der Waals surface area (Å²) in [5.41, 5.74) is 0. The minimum absolute atomic E-state index is 0. The van der Waals surface area contributed by atoms with Gasteiger partial charge in [0.05, 0.1) is 12.7 Å². The van der Waals surface area contributed by atoms with Gasteiger partial charge in [0.15, 0.2) is 0 Å². The monoisotopic (exact) mass is 1110 g/mol. The van der Waals surface area contributed by atoms with E-state index < -0.39 is 0 Å². The van der Waals surface area contributed by atoms with Crippen LogP contribution in [0.4, 0.5) is 0 Å². The van der Waals surface area contributed by atoms with Gasteiger partial charge in [0.1, 0.15) is 5.76 Å². The molecule has 9 radical (unpaired) electrons. The third kappa shape index (κ3) is 58.5. The van der Waals surface area contributed by atoms with E-state index in [9.17, 15) is 4.79 Å². The third-order valence-corrected chi connectivity index (χ3v) is 2.91. The van der Waals surface area contributed by atoms with E-state index in [4.69, 9.17) is 16.0 Å². The molecule has 0 heterocycles. The maximum atomic E-state index is 11.4. The van der Waals surface area contributed by atoms with Crippen molar-refractivity contribution in [3.05, 3.63) is 18.8 Å². The molecular formula is C18H25O4Y9-. The number of hydrogen-bond donors (Lipinski definition) is 0. The molecule has 0 saturated heterocycles. The fourth-order valence-electron chi connectivity index (χ4n) is 1.69. The van der Waals surface area contributed by atoms with E-state index in [0.717, 1.165) is 44.9 Å². The summed E-state index contributed by atoms with van der Waals surface area (Å²) in [5.74, 6) is 4.44. The van der Waals surface area contributed by atoms with Crippen LogP contribution in [0.5, 0.6) is 0 Å². The summed E-state index contributed by atoms with van der Waals surface area (Å²) in [7, 11) is 0. The molecule has 31 heavy (non-hydrogen) atoms. The fourth-order valence-corrected chi connectivity index (χ4v) is 1.69. The van der Waals surface area contributed by atoms with Gasteiger partial charge in [-0.05, 0) is 19.3 Å². The second-order valence-electron chi connectivity index (χ2n) is 4.90. The van der Waals surface area contributed by atoms with Gasteiger partial charge in [-0.1, -0.05) is 39.2 Å². The number of allylic oxidation sites excluding steroid dienone is 1. The van der Waals surface area contributed by atoms with Crippen LogP contribution in [-0.2, 0) is 314 Å². The number of carbonyl (C=O) groups is 1. The normalized spacial score (nSPS) is 6.45. The average molecular weight is 1110 g/mol. The van der Waals surface area contributed by atoms with Gasteiger partial charge in [-0.15, -0.1) is 0 Å². The largest absolute Gasteiger partial charge is 0.466 e. The Hall–Kier alpha value is 7.87. The van der Waals surface area contributed by atoms with Gasteiger partial charge in [-0.3, -0.25) is 20.5 Å². The van der Waals surface area contributed by atoms with Crippen molar-refractivity contribution in [2.75, 3.05) is 6.61 Å². The summed E-state index contributed by atoms with van der Waals surface area (Å²) >= 11 is 0. The van der Waals surface area contributed by atoms with Gasteiger partial charge in [-0.25, -0.2) is 5.92 Å². The number of rotatable bonds is 13. The Morgan fingerprint density at radius 1 is 0.806 bits per heavy atom. The minimum Gasteiger partial charge on any atom is -0.466 e. The molecule has 149 valence electrons. The van der Waals surface area contributed by atoms with Crippen molar-refractivity contribution in [1.82, 2.24) is 0 Å². The molecule has 0 aromatic carbocycles. The Kier molecular flexibility index (Phi) is 124. The van der Waals surface area contributed by atoms with Crippen molar-refractivity contribution >= 4 is 5.97 Å². The van der Waals surface area contributed by atoms with E-state index >= 15 is 0 Å². The maximum Gasteiger partial charge on any atom is 0.305 e. The number of ether oxygens (including phenoxy) is 1. The zero-order valence-electron chi connectivity index (χ0n) is 18.6. The van der Waals surface area contributed by atoms with Gasteiger partial charge in [0.25, 0.3) is 0 Å². The van der Waals surface area contributed by atoms with Crippen molar-refractivity contribution in [2.24, 2.45) is 0 Å². The van der Waals surface area contributed by atoms with E-state index in [-0.39, 0.29) is 300 Å². The Morgan fingerprint density at radius 3 is 1.77 bits per heavy atom. The first-order valence-corrected chi connectivity index (χ1v) is 7.79. The molecule has 0 spiro atoms. The Balaban J connectivity index is -0.0000000612. The summed E-state index contributed by atoms with van der Waals surface area (Å²) in [6, 6.07) is 0. The first-order chi connectivity index (χ1) is 10.7. The van der Waals surface area contributed by atoms with Crippen LogP contribution >= 0.6 is 0 Å². The van der Waals surface area contributed by atoms with Crippen LogP contribution in [-0.4, -0.2) is 12.6 Å². The summed E-state index contributed by atoms with van der Waals surface area (Å²) in [6.07, 6.45) is 16.8. The molecule has 0 saturated carbocycles. The predicted octanol–water partition coefficient (Wildman–Crippen LogP) is 4.05. The summed E-state index contributed by atoms with van der Waals surface area (Å²) in [6.45, 7) is 6.32. The molecule has 0 bridgehead atoms. The fraction of sp³-hybridized carbons (Fsp3) is 0.611. The predicted molar refractivity (Wildman–Crippen MR) is 84.4 cm³/mol. The van der Waals surface area contributed by atoms with Crippen LogP contribution in [0, 0.1) is 24.4 Å². The molecule has 0 aliphatic heterocycles. The first kappa shape index (κ1) is 66.9. The van der Waals surface area contributed by atoms with E-state index in [1.807, 2.05) is 5.92 Å². The zero-order chi connectivity index (χ0) is 16.5. The number of unbranched alkanes of at least 4 members (excludes halogenated alkanes) is 5. The van der Waals surface area contributed by atoms with Gasteiger partial charge >= 0.3 is 5.97 Å². The van der Waals surface area contributed by atoms with Gasteiger partial charge in [0.2, 0.25) is 0 Å². The van der Waals surface area contributed by atoms with E-state index in [0.29, 0.717) is 25.2 Å². The molecule has 0 rings (SSSR count). The molecular weight excluding hydrogens is 1080 g/mol. The smallest absolute Gasteiger partial charge is 0.305 e. The molecule has 13 heteroatoms. The van der Waals surface area contributed by atoms with E-state index in [1.165, 1.54) is 0 Å². The summed E-state index contributed by atoms with van der Waals surface area (Å²) in [5, 5.41) is 0.